The molecular formula is C11H13NOS. The van der Waals surface area contributed by atoms with E-state index in [0.717, 1.165) is 10.6 Å². The zero-order valence-electron chi connectivity index (χ0n) is 8.28. The summed E-state index contributed by atoms with van der Waals surface area (Å²) in [5.41, 5.74) is 7.36. The molecule has 0 radical (unpaired) electrons. The van der Waals surface area contributed by atoms with Gasteiger partial charge in [0.15, 0.2) is 0 Å². The summed E-state index contributed by atoms with van der Waals surface area (Å²) in [5.74, 6) is 0.825. The summed E-state index contributed by atoms with van der Waals surface area (Å²) in [6.45, 7) is 4.21. The lowest BCUT2D eigenvalue weighted by Crippen LogP contribution is -2.08. The Balaban J connectivity index is 2.32. The van der Waals surface area contributed by atoms with Crippen LogP contribution in [-0.2, 0) is 0 Å². The lowest BCUT2D eigenvalue weighted by molar-refractivity contribution is 0.492. The van der Waals surface area contributed by atoms with Gasteiger partial charge in [0.2, 0.25) is 0 Å². The van der Waals surface area contributed by atoms with Gasteiger partial charge in [-0.05, 0) is 37.6 Å². The SMILES string of the molecule is Cc1cc(C(N)c2ccco2)sc1C. The van der Waals surface area contributed by atoms with Gasteiger partial charge in [-0.1, -0.05) is 0 Å². The molecule has 0 aliphatic heterocycles. The van der Waals surface area contributed by atoms with Crippen LogP contribution in [0.1, 0.15) is 27.1 Å². The van der Waals surface area contributed by atoms with Gasteiger partial charge in [-0.2, -0.15) is 0 Å². The van der Waals surface area contributed by atoms with Crippen LogP contribution in [0.25, 0.3) is 0 Å². The van der Waals surface area contributed by atoms with Crippen molar-refractivity contribution in [2.75, 3.05) is 0 Å². The minimum absolute atomic E-state index is 0.123. The van der Waals surface area contributed by atoms with Crippen LogP contribution in [0.15, 0.2) is 28.9 Å². The number of aryl methyl sites for hydroxylation is 2. The van der Waals surface area contributed by atoms with E-state index in [4.69, 9.17) is 10.2 Å². The van der Waals surface area contributed by atoms with E-state index >= 15 is 0 Å². The third kappa shape index (κ3) is 1.61. The Bertz CT molecular complexity index is 397. The molecule has 0 saturated heterocycles. The Morgan fingerprint density at radius 2 is 2.21 bits per heavy atom. The molecule has 0 aliphatic rings. The van der Waals surface area contributed by atoms with Gasteiger partial charge in [-0.25, -0.2) is 0 Å². The first kappa shape index (κ1) is 9.49. The van der Waals surface area contributed by atoms with Crippen molar-refractivity contribution in [3.05, 3.63) is 45.5 Å². The smallest absolute Gasteiger partial charge is 0.125 e. The van der Waals surface area contributed by atoms with Crippen molar-refractivity contribution in [3.8, 4) is 0 Å². The van der Waals surface area contributed by atoms with Crippen molar-refractivity contribution in [1.82, 2.24) is 0 Å². The van der Waals surface area contributed by atoms with Gasteiger partial charge in [0.05, 0.1) is 12.3 Å². The molecule has 2 aromatic heterocycles. The zero-order chi connectivity index (χ0) is 10.1. The van der Waals surface area contributed by atoms with E-state index < -0.39 is 0 Å². The van der Waals surface area contributed by atoms with Gasteiger partial charge in [-0.15, -0.1) is 11.3 Å². The Kier molecular flexibility index (Phi) is 2.44. The second-order valence-corrected chi connectivity index (χ2v) is 4.67. The average molecular weight is 207 g/mol. The number of furan rings is 1. The van der Waals surface area contributed by atoms with Crippen LogP contribution in [-0.4, -0.2) is 0 Å². The molecule has 14 heavy (non-hydrogen) atoms. The van der Waals surface area contributed by atoms with Gasteiger partial charge in [-0.3, -0.25) is 0 Å². The third-order valence-corrected chi connectivity index (χ3v) is 3.58. The van der Waals surface area contributed by atoms with Crippen LogP contribution in [0, 0.1) is 13.8 Å². The molecule has 0 bridgehead atoms. The lowest BCUT2D eigenvalue weighted by Gasteiger charge is -2.04. The van der Waals surface area contributed by atoms with Crippen molar-refractivity contribution in [1.29, 1.82) is 0 Å². The van der Waals surface area contributed by atoms with Crippen LogP contribution in [0.3, 0.4) is 0 Å². The number of thiophene rings is 1. The molecule has 2 aromatic rings. The normalized spacial score (nSPS) is 13.1. The fourth-order valence-corrected chi connectivity index (χ4v) is 2.42. The molecule has 0 fully saturated rings. The molecule has 3 heteroatoms. The van der Waals surface area contributed by atoms with E-state index in [9.17, 15) is 0 Å². The molecule has 2 rings (SSSR count). The van der Waals surface area contributed by atoms with Gasteiger partial charge in [0, 0.05) is 9.75 Å². The molecule has 1 unspecified atom stereocenters. The van der Waals surface area contributed by atoms with Gasteiger partial charge < -0.3 is 10.2 Å². The first-order valence-electron chi connectivity index (χ1n) is 4.54. The molecule has 0 spiro atoms. The molecular weight excluding hydrogens is 194 g/mol. The predicted octanol–water partition coefficient (Wildman–Crippen LogP) is 3.01. The maximum Gasteiger partial charge on any atom is 0.125 e. The highest BCUT2D eigenvalue weighted by Gasteiger charge is 2.14. The highest BCUT2D eigenvalue weighted by atomic mass is 32.1. The molecule has 74 valence electrons. The van der Waals surface area contributed by atoms with Crippen molar-refractivity contribution in [2.24, 2.45) is 5.73 Å². The summed E-state index contributed by atoms with van der Waals surface area (Å²) >= 11 is 1.74. The molecule has 2 nitrogen and oxygen atoms in total. The van der Waals surface area contributed by atoms with Gasteiger partial charge >= 0.3 is 0 Å². The van der Waals surface area contributed by atoms with Crippen LogP contribution in [0.5, 0.6) is 0 Å². The van der Waals surface area contributed by atoms with Crippen molar-refractivity contribution < 1.29 is 4.42 Å². The molecule has 0 saturated carbocycles. The Labute approximate surface area is 87.4 Å². The maximum absolute atomic E-state index is 6.06. The van der Waals surface area contributed by atoms with E-state index in [0.29, 0.717) is 0 Å². The molecule has 2 heterocycles. The number of rotatable bonds is 2. The highest BCUT2D eigenvalue weighted by molar-refractivity contribution is 7.12. The van der Waals surface area contributed by atoms with Crippen molar-refractivity contribution in [3.63, 3.8) is 0 Å². The third-order valence-electron chi connectivity index (χ3n) is 2.34. The molecule has 0 aliphatic carbocycles. The molecule has 2 N–H and O–H groups in total. The molecule has 0 amide bonds. The summed E-state index contributed by atoms with van der Waals surface area (Å²) in [4.78, 5) is 2.48. The van der Waals surface area contributed by atoms with E-state index in [1.54, 1.807) is 17.6 Å². The first-order valence-corrected chi connectivity index (χ1v) is 5.36. The average Bonchev–Trinajstić information content (AvgIpc) is 2.76. The molecule has 1 atom stereocenters. The van der Waals surface area contributed by atoms with Crippen molar-refractivity contribution in [2.45, 2.75) is 19.9 Å². The van der Waals surface area contributed by atoms with Crippen LogP contribution < -0.4 is 5.73 Å². The number of hydrogen-bond donors (Lipinski definition) is 1. The monoisotopic (exact) mass is 207 g/mol. The topological polar surface area (TPSA) is 39.2 Å². The minimum Gasteiger partial charge on any atom is -0.467 e. The first-order chi connectivity index (χ1) is 6.68. The minimum atomic E-state index is -0.123. The number of nitrogens with two attached hydrogens (primary N) is 1. The van der Waals surface area contributed by atoms with E-state index in [2.05, 4.69) is 19.9 Å². The highest BCUT2D eigenvalue weighted by Crippen LogP contribution is 2.29. The van der Waals surface area contributed by atoms with Gasteiger partial charge in [0.25, 0.3) is 0 Å². The Morgan fingerprint density at radius 3 is 2.71 bits per heavy atom. The summed E-state index contributed by atoms with van der Waals surface area (Å²) in [5, 5.41) is 0. The Morgan fingerprint density at radius 1 is 1.43 bits per heavy atom. The Hall–Kier alpha value is -1.06. The second-order valence-electron chi connectivity index (χ2n) is 3.38. The zero-order valence-corrected chi connectivity index (χ0v) is 9.10. The predicted molar refractivity (Wildman–Crippen MR) is 58.5 cm³/mol. The summed E-state index contributed by atoms with van der Waals surface area (Å²) in [6, 6.07) is 5.78. The molecule has 0 aromatic carbocycles. The van der Waals surface area contributed by atoms with Crippen molar-refractivity contribution >= 4 is 11.3 Å². The number of hydrogen-bond acceptors (Lipinski definition) is 3. The van der Waals surface area contributed by atoms with Crippen LogP contribution in [0.2, 0.25) is 0 Å². The quantitative estimate of drug-likeness (QED) is 0.822. The fraction of sp³-hybridized carbons (Fsp3) is 0.273. The summed E-state index contributed by atoms with van der Waals surface area (Å²) in [7, 11) is 0. The standard InChI is InChI=1S/C11H13NOS/c1-7-6-10(14-8(7)2)11(12)9-4-3-5-13-9/h3-6,11H,12H2,1-2H3. The summed E-state index contributed by atoms with van der Waals surface area (Å²) in [6.07, 6.45) is 1.66. The van der Waals surface area contributed by atoms with E-state index in [1.165, 1.54) is 10.4 Å². The van der Waals surface area contributed by atoms with Gasteiger partial charge in [0.1, 0.15) is 5.76 Å². The fourth-order valence-electron chi connectivity index (χ4n) is 1.36. The van der Waals surface area contributed by atoms with E-state index in [1.807, 2.05) is 12.1 Å². The van der Waals surface area contributed by atoms with Crippen LogP contribution in [0.4, 0.5) is 0 Å². The summed E-state index contributed by atoms with van der Waals surface area (Å²) < 4.78 is 5.28. The second kappa shape index (κ2) is 3.59. The lowest BCUT2D eigenvalue weighted by atomic mass is 10.2. The van der Waals surface area contributed by atoms with Crippen LogP contribution >= 0.6 is 11.3 Å². The maximum atomic E-state index is 6.06. The largest absolute Gasteiger partial charge is 0.467 e. The van der Waals surface area contributed by atoms with E-state index in [-0.39, 0.29) is 6.04 Å².